The molecule has 63 heavy (non-hydrogen) atoms. The van der Waals surface area contributed by atoms with Crippen molar-refractivity contribution in [3.05, 3.63) is 214 Å². The minimum absolute atomic E-state index is 0.207. The van der Waals surface area contributed by atoms with E-state index in [1.165, 1.54) is 121 Å². The first kappa shape index (κ1) is 37.4. The molecule has 310 valence electrons. The Bertz CT molecular complexity index is 3210. The lowest BCUT2D eigenvalue weighted by molar-refractivity contribution is 0.392. The maximum atomic E-state index is 2.79. The van der Waals surface area contributed by atoms with Gasteiger partial charge in [-0.3, -0.25) is 0 Å². The van der Waals surface area contributed by atoms with Gasteiger partial charge in [-0.25, -0.2) is 0 Å². The standard InChI is InChI=1S/C61H56N2/c1-57(2)47-25-15-16-26-48(47)60(5)52(57)37-59(4)55-56(60)61(6)49-27-17-18-28-51(49)62(44-22-11-8-12-23-44)53(61)38-58(55,3)50-34-32-40-21-13-14-24-46(40)54(50)63(59)45-33-31-42-35-41(29-30-43(42)36-45)39-19-9-7-10-20-39/h8,11-18,21-39H,7,9-10,19-20H2,1-6H3. The normalized spacial score (nSPS) is 27.6. The van der Waals surface area contributed by atoms with E-state index < -0.39 is 16.4 Å². The van der Waals surface area contributed by atoms with Crippen LogP contribution in [-0.2, 0) is 21.7 Å². The molecule has 0 saturated heterocycles. The Labute approximate surface area is 373 Å². The summed E-state index contributed by atoms with van der Waals surface area (Å²) in [4.78, 5) is 5.40. The van der Waals surface area contributed by atoms with Crippen LogP contribution < -0.4 is 9.80 Å². The van der Waals surface area contributed by atoms with Gasteiger partial charge in [-0.2, -0.15) is 0 Å². The first-order valence-electron chi connectivity index (χ1n) is 23.6. The quantitative estimate of drug-likeness (QED) is 0.164. The lowest BCUT2D eigenvalue weighted by Gasteiger charge is -2.63. The van der Waals surface area contributed by atoms with Gasteiger partial charge >= 0.3 is 0 Å². The van der Waals surface area contributed by atoms with E-state index in [9.17, 15) is 0 Å². The highest BCUT2D eigenvalue weighted by molar-refractivity contribution is 6.03. The molecule has 2 aliphatic heterocycles. The second-order valence-corrected chi connectivity index (χ2v) is 20.9. The topological polar surface area (TPSA) is 6.48 Å². The molecule has 2 heteroatoms. The molecule has 2 heterocycles. The van der Waals surface area contributed by atoms with Crippen molar-refractivity contribution in [2.24, 2.45) is 0 Å². The second-order valence-electron chi connectivity index (χ2n) is 20.9. The monoisotopic (exact) mass is 816 g/mol. The third-order valence-corrected chi connectivity index (χ3v) is 17.3. The molecule has 7 aromatic rings. The number of para-hydroxylation sites is 2. The van der Waals surface area contributed by atoms with Crippen molar-refractivity contribution in [1.29, 1.82) is 0 Å². The third kappa shape index (κ3) is 4.60. The van der Waals surface area contributed by atoms with Crippen LogP contribution in [0.25, 0.3) is 21.5 Å². The van der Waals surface area contributed by atoms with E-state index in [0.717, 1.165) is 0 Å². The van der Waals surface area contributed by atoms with Crippen LogP contribution in [0.1, 0.15) is 107 Å². The van der Waals surface area contributed by atoms with Crippen LogP contribution in [-0.4, -0.2) is 5.54 Å². The largest absolute Gasteiger partial charge is 0.327 e. The highest BCUT2D eigenvalue weighted by atomic mass is 15.2. The zero-order valence-corrected chi connectivity index (χ0v) is 37.6. The molecule has 7 aromatic carbocycles. The average Bonchev–Trinajstić information content (AvgIpc) is 3.66. The Balaban J connectivity index is 1.17. The average molecular weight is 817 g/mol. The first-order chi connectivity index (χ1) is 30.5. The molecule has 0 bridgehead atoms. The van der Waals surface area contributed by atoms with Crippen LogP contribution in [0.15, 0.2) is 186 Å². The van der Waals surface area contributed by atoms with Crippen molar-refractivity contribution in [1.82, 2.24) is 0 Å². The smallest absolute Gasteiger partial charge is 0.0836 e. The highest BCUT2D eigenvalue weighted by Gasteiger charge is 2.68. The molecule has 2 nitrogen and oxygen atoms in total. The zero-order valence-electron chi connectivity index (χ0n) is 37.6. The molecule has 4 unspecified atom stereocenters. The van der Waals surface area contributed by atoms with Gasteiger partial charge in [-0.15, -0.1) is 0 Å². The summed E-state index contributed by atoms with van der Waals surface area (Å²) in [5.41, 5.74) is 16.1. The summed E-state index contributed by atoms with van der Waals surface area (Å²) in [6, 6.07) is 58.6. The molecule has 0 amide bonds. The molecule has 0 spiro atoms. The molecule has 6 aliphatic rings. The maximum absolute atomic E-state index is 2.79. The van der Waals surface area contributed by atoms with Crippen LogP contribution in [0, 0.1) is 0 Å². The van der Waals surface area contributed by atoms with Gasteiger partial charge in [0.25, 0.3) is 0 Å². The van der Waals surface area contributed by atoms with Gasteiger partial charge < -0.3 is 9.80 Å². The van der Waals surface area contributed by atoms with Gasteiger partial charge in [-0.05, 0) is 144 Å². The molecule has 4 aliphatic carbocycles. The summed E-state index contributed by atoms with van der Waals surface area (Å²) in [5.74, 6) is 0.677. The van der Waals surface area contributed by atoms with Crippen molar-refractivity contribution in [3.63, 3.8) is 0 Å². The first-order valence-corrected chi connectivity index (χ1v) is 23.6. The Kier molecular flexibility index (Phi) is 7.45. The SMILES string of the molecule is CC1(C)C2=CC3(C)C4=C(C5(C)C(=CC4(C)c4ccc6ccccc6c4N3c3ccc4cc(C6CCCCC6)ccc4c3)N(c3ccccc3)c3ccccc35)C2(C)c2ccccc21. The molecule has 4 atom stereocenters. The van der Waals surface area contributed by atoms with Gasteiger partial charge in [-0.1, -0.05) is 161 Å². The Hall–Kier alpha value is -6.12. The van der Waals surface area contributed by atoms with Crippen molar-refractivity contribution in [2.45, 2.75) is 107 Å². The summed E-state index contributed by atoms with van der Waals surface area (Å²) < 4.78 is 0. The highest BCUT2D eigenvalue weighted by Crippen LogP contribution is 2.74. The van der Waals surface area contributed by atoms with E-state index in [0.29, 0.717) is 5.92 Å². The van der Waals surface area contributed by atoms with E-state index in [2.05, 4.69) is 215 Å². The zero-order chi connectivity index (χ0) is 42.7. The van der Waals surface area contributed by atoms with Crippen LogP contribution >= 0.6 is 0 Å². The fourth-order valence-corrected chi connectivity index (χ4v) is 14.6. The molecule has 0 N–H and O–H groups in total. The van der Waals surface area contributed by atoms with Crippen molar-refractivity contribution >= 4 is 44.3 Å². The molecule has 13 rings (SSSR count). The summed E-state index contributed by atoms with van der Waals surface area (Å²) in [6.07, 6.45) is 12.2. The van der Waals surface area contributed by atoms with Crippen LogP contribution in [0.2, 0.25) is 0 Å². The summed E-state index contributed by atoms with van der Waals surface area (Å²) in [6.45, 7) is 15.3. The number of benzene rings is 7. The fourth-order valence-electron chi connectivity index (χ4n) is 14.6. The number of anilines is 4. The summed E-state index contributed by atoms with van der Waals surface area (Å²) in [5, 5.41) is 5.22. The lowest BCUT2D eigenvalue weighted by atomic mass is 9.46. The predicted molar refractivity (Wildman–Crippen MR) is 264 cm³/mol. The Morgan fingerprint density at radius 2 is 1.16 bits per heavy atom. The molecular formula is C61H56N2. The predicted octanol–water partition coefficient (Wildman–Crippen LogP) is 15.7. The molecule has 0 radical (unpaired) electrons. The minimum atomic E-state index is -0.536. The lowest BCUT2D eigenvalue weighted by Crippen LogP contribution is -2.61. The van der Waals surface area contributed by atoms with E-state index in [1.54, 1.807) is 5.57 Å². The summed E-state index contributed by atoms with van der Waals surface area (Å²) >= 11 is 0. The molecule has 0 aromatic heterocycles. The van der Waals surface area contributed by atoms with Crippen molar-refractivity contribution in [3.8, 4) is 0 Å². The van der Waals surface area contributed by atoms with Crippen molar-refractivity contribution < 1.29 is 0 Å². The maximum Gasteiger partial charge on any atom is 0.0836 e. The van der Waals surface area contributed by atoms with Gasteiger partial charge in [0.15, 0.2) is 0 Å². The number of hydrogen-bond donors (Lipinski definition) is 0. The van der Waals surface area contributed by atoms with Crippen LogP contribution in [0.4, 0.5) is 22.7 Å². The van der Waals surface area contributed by atoms with Gasteiger partial charge in [0.05, 0.1) is 22.3 Å². The summed E-state index contributed by atoms with van der Waals surface area (Å²) in [7, 11) is 0. The number of rotatable bonds is 3. The third-order valence-electron chi connectivity index (χ3n) is 17.3. The van der Waals surface area contributed by atoms with Crippen LogP contribution in [0.5, 0.6) is 0 Å². The van der Waals surface area contributed by atoms with Gasteiger partial charge in [0, 0.05) is 38.7 Å². The van der Waals surface area contributed by atoms with E-state index in [4.69, 9.17) is 0 Å². The van der Waals surface area contributed by atoms with Crippen molar-refractivity contribution in [2.75, 3.05) is 9.80 Å². The number of fused-ring (bicyclic) bond motifs is 13. The van der Waals surface area contributed by atoms with E-state index in [1.807, 2.05) is 0 Å². The second kappa shape index (κ2) is 12.5. The van der Waals surface area contributed by atoms with E-state index >= 15 is 0 Å². The molecular weight excluding hydrogens is 761 g/mol. The Morgan fingerprint density at radius 3 is 1.97 bits per heavy atom. The number of nitrogens with zero attached hydrogens (tertiary/aromatic N) is 2. The van der Waals surface area contributed by atoms with Crippen LogP contribution in [0.3, 0.4) is 0 Å². The molecule has 1 saturated carbocycles. The molecule has 1 fully saturated rings. The fraction of sp³-hybridized carbons (Fsp3) is 0.279. The Morgan fingerprint density at radius 1 is 0.492 bits per heavy atom. The minimum Gasteiger partial charge on any atom is -0.327 e. The van der Waals surface area contributed by atoms with Gasteiger partial charge in [0.1, 0.15) is 0 Å². The van der Waals surface area contributed by atoms with E-state index in [-0.39, 0.29) is 10.8 Å². The van der Waals surface area contributed by atoms with Gasteiger partial charge in [0.2, 0.25) is 0 Å². The number of allylic oxidation sites excluding steroid dienone is 3. The number of hydrogen-bond acceptors (Lipinski definition) is 2.